The van der Waals surface area contributed by atoms with Crippen LogP contribution in [0.1, 0.15) is 155 Å². The van der Waals surface area contributed by atoms with E-state index in [1.807, 2.05) is 0 Å². The first kappa shape index (κ1) is 46.5. The number of unbranched alkanes of at least 4 members (excludes halogenated alkanes) is 14. The van der Waals surface area contributed by atoms with E-state index < -0.39 is 18.1 Å². The van der Waals surface area contributed by atoms with Crippen LogP contribution in [0, 0.1) is 0 Å². The second kappa shape index (κ2) is 32.7. The summed E-state index contributed by atoms with van der Waals surface area (Å²) in [5.41, 5.74) is 0. The summed E-state index contributed by atoms with van der Waals surface area (Å²) in [5, 5.41) is 11.6. The number of aliphatic carboxylic acids is 1. The average molecular weight is 692 g/mol. The Balaban J connectivity index is 4.41. The fourth-order valence-corrected chi connectivity index (χ4v) is 5.50. The largest absolute Gasteiger partial charge is 0.544 e. The molecule has 8 nitrogen and oxygen atoms in total. The lowest BCUT2D eigenvalue weighted by atomic mass is 10.1. The van der Waals surface area contributed by atoms with Crippen molar-refractivity contribution in [1.29, 1.82) is 0 Å². The third kappa shape index (κ3) is 31.3. The number of allylic oxidation sites excluding steroid dienone is 6. The molecule has 0 aromatic rings. The van der Waals surface area contributed by atoms with E-state index in [0.717, 1.165) is 70.6 Å². The van der Waals surface area contributed by atoms with Gasteiger partial charge < -0.3 is 28.6 Å². The maximum atomic E-state index is 12.6. The average Bonchev–Trinajstić information content (AvgIpc) is 3.05. The Bertz CT molecular complexity index is 906. The van der Waals surface area contributed by atoms with Gasteiger partial charge in [0, 0.05) is 19.3 Å². The van der Waals surface area contributed by atoms with Gasteiger partial charge in [0.25, 0.3) is 0 Å². The molecule has 0 bridgehead atoms. The van der Waals surface area contributed by atoms with Crippen LogP contribution in [0.2, 0.25) is 0 Å². The van der Waals surface area contributed by atoms with Crippen LogP contribution in [0.5, 0.6) is 0 Å². The van der Waals surface area contributed by atoms with Gasteiger partial charge in [0.15, 0.2) is 6.10 Å². The minimum Gasteiger partial charge on any atom is -0.544 e. The van der Waals surface area contributed by atoms with E-state index in [9.17, 15) is 19.5 Å². The van der Waals surface area contributed by atoms with Crippen molar-refractivity contribution in [2.75, 3.05) is 41.0 Å². The van der Waals surface area contributed by atoms with Crippen molar-refractivity contribution in [3.05, 3.63) is 36.5 Å². The van der Waals surface area contributed by atoms with Gasteiger partial charge in [-0.25, -0.2) is 0 Å². The lowest BCUT2D eigenvalue weighted by Gasteiger charge is -2.34. The van der Waals surface area contributed by atoms with Crippen LogP contribution in [0.4, 0.5) is 0 Å². The molecule has 0 saturated heterocycles. The van der Waals surface area contributed by atoms with Gasteiger partial charge in [-0.2, -0.15) is 0 Å². The Hall–Kier alpha value is -2.45. The van der Waals surface area contributed by atoms with Gasteiger partial charge in [-0.3, -0.25) is 9.59 Å². The third-order valence-corrected chi connectivity index (χ3v) is 8.54. The van der Waals surface area contributed by atoms with Crippen molar-refractivity contribution >= 4 is 17.9 Å². The predicted molar refractivity (Wildman–Crippen MR) is 199 cm³/mol. The highest BCUT2D eigenvalue weighted by atomic mass is 16.6. The number of rotatable bonds is 34. The van der Waals surface area contributed by atoms with Crippen LogP contribution >= 0.6 is 0 Å². The molecule has 0 amide bonds. The highest BCUT2D eigenvalue weighted by Gasteiger charge is 2.25. The summed E-state index contributed by atoms with van der Waals surface area (Å²) in [6, 6.07) is -0.725. The monoisotopic (exact) mass is 692 g/mol. The summed E-state index contributed by atoms with van der Waals surface area (Å²) < 4.78 is 17.1. The minimum atomic E-state index is -1.13. The van der Waals surface area contributed by atoms with Gasteiger partial charge >= 0.3 is 11.9 Å². The van der Waals surface area contributed by atoms with E-state index in [-0.39, 0.29) is 42.7 Å². The zero-order valence-electron chi connectivity index (χ0n) is 32.1. The molecule has 284 valence electrons. The SMILES string of the molecule is CC/C=C/C/C=C/C/C=C/CCCCCCCCC(=O)OC(COCCC(C(=O)[O-])[N+](C)(C)C)COC(=O)CCCCCCCCCCC. The van der Waals surface area contributed by atoms with E-state index in [1.54, 1.807) is 21.1 Å². The third-order valence-electron chi connectivity index (χ3n) is 8.54. The van der Waals surface area contributed by atoms with Gasteiger partial charge in [0.05, 0.1) is 40.3 Å². The topological polar surface area (TPSA) is 102 Å². The molecule has 8 heteroatoms. The standard InChI is InChI=1S/C41H73NO7/c1-6-8-10-12-14-16-17-18-19-20-21-22-24-26-28-30-32-40(44)49-37(35-47-34-33-38(41(45)46)42(3,4)5)36-48-39(43)31-29-27-25-23-15-13-11-9-7-2/h8,10,14,16,18-19,37-38H,6-7,9,11-13,15,17,20-36H2,1-5H3/b10-8+,16-14+,19-18+. The van der Waals surface area contributed by atoms with Crippen LogP contribution in [0.15, 0.2) is 36.5 Å². The number of likely N-dealkylation sites (N-methyl/N-ethyl adjacent to an activating group) is 1. The maximum absolute atomic E-state index is 12.6. The van der Waals surface area contributed by atoms with E-state index >= 15 is 0 Å². The Morgan fingerprint density at radius 1 is 0.633 bits per heavy atom. The van der Waals surface area contributed by atoms with Crippen LogP contribution in [-0.4, -0.2) is 75.5 Å². The molecule has 0 aliphatic carbocycles. The molecule has 0 saturated carbocycles. The first-order valence-electron chi connectivity index (χ1n) is 19.5. The fraction of sp³-hybridized carbons (Fsp3) is 0.780. The van der Waals surface area contributed by atoms with E-state index in [1.165, 1.54) is 51.4 Å². The molecule has 0 aromatic heterocycles. The van der Waals surface area contributed by atoms with Crippen molar-refractivity contribution in [2.24, 2.45) is 0 Å². The highest BCUT2D eigenvalue weighted by molar-refractivity contribution is 5.70. The molecule has 0 aliphatic heterocycles. The summed E-state index contributed by atoms with van der Waals surface area (Å²) in [7, 11) is 5.39. The number of esters is 2. The van der Waals surface area contributed by atoms with E-state index in [2.05, 4.69) is 50.3 Å². The Labute approximate surface area is 300 Å². The first-order chi connectivity index (χ1) is 23.6. The second-order valence-electron chi connectivity index (χ2n) is 14.1. The van der Waals surface area contributed by atoms with Crippen LogP contribution < -0.4 is 5.11 Å². The number of hydrogen-bond acceptors (Lipinski definition) is 7. The second-order valence-corrected chi connectivity index (χ2v) is 14.1. The summed E-state index contributed by atoms with van der Waals surface area (Å²) in [6.45, 7) is 4.50. The van der Waals surface area contributed by atoms with Crippen molar-refractivity contribution in [1.82, 2.24) is 0 Å². The number of quaternary nitrogens is 1. The summed E-state index contributed by atoms with van der Waals surface area (Å²) in [5.74, 6) is -1.76. The van der Waals surface area contributed by atoms with E-state index in [0.29, 0.717) is 12.8 Å². The number of carboxylic acids is 1. The molecular weight excluding hydrogens is 618 g/mol. The summed E-state index contributed by atoms with van der Waals surface area (Å²) in [6.07, 6.45) is 34.5. The molecule has 2 unspecified atom stereocenters. The number of ether oxygens (including phenoxy) is 3. The molecule has 0 aromatic carbocycles. The molecule has 0 spiro atoms. The molecule has 2 atom stereocenters. The zero-order chi connectivity index (χ0) is 36.4. The lowest BCUT2D eigenvalue weighted by molar-refractivity contribution is -0.889. The lowest BCUT2D eigenvalue weighted by Crippen LogP contribution is -2.55. The van der Waals surface area contributed by atoms with E-state index in [4.69, 9.17) is 14.2 Å². The van der Waals surface area contributed by atoms with Crippen LogP contribution in [0.3, 0.4) is 0 Å². The molecular formula is C41H73NO7. The van der Waals surface area contributed by atoms with Gasteiger partial charge in [-0.15, -0.1) is 0 Å². The van der Waals surface area contributed by atoms with Crippen LogP contribution in [0.25, 0.3) is 0 Å². The Morgan fingerprint density at radius 3 is 1.69 bits per heavy atom. The fourth-order valence-electron chi connectivity index (χ4n) is 5.50. The van der Waals surface area contributed by atoms with Crippen molar-refractivity contribution in [3.63, 3.8) is 0 Å². The number of carbonyl (C=O) groups is 3. The molecule has 0 radical (unpaired) electrons. The molecule has 0 aliphatic rings. The number of hydrogen-bond donors (Lipinski definition) is 0. The molecule has 0 heterocycles. The molecule has 0 rings (SSSR count). The Morgan fingerprint density at radius 2 is 1.14 bits per heavy atom. The molecule has 49 heavy (non-hydrogen) atoms. The zero-order valence-corrected chi connectivity index (χ0v) is 32.1. The number of carbonyl (C=O) groups excluding carboxylic acids is 3. The van der Waals surface area contributed by atoms with Crippen molar-refractivity contribution in [3.8, 4) is 0 Å². The quantitative estimate of drug-likeness (QED) is 0.0288. The Kier molecular flexibility index (Phi) is 31.1. The summed E-state index contributed by atoms with van der Waals surface area (Å²) in [4.78, 5) is 36.6. The van der Waals surface area contributed by atoms with Crippen molar-refractivity contribution < 1.29 is 38.2 Å². The first-order valence-corrected chi connectivity index (χ1v) is 19.5. The number of carboxylic acid groups (broad SMARTS) is 1. The smallest absolute Gasteiger partial charge is 0.306 e. The maximum Gasteiger partial charge on any atom is 0.306 e. The van der Waals surface area contributed by atoms with Gasteiger partial charge in [-0.05, 0) is 44.9 Å². The van der Waals surface area contributed by atoms with Crippen molar-refractivity contribution in [2.45, 2.75) is 167 Å². The summed E-state index contributed by atoms with van der Waals surface area (Å²) >= 11 is 0. The predicted octanol–water partition coefficient (Wildman–Crippen LogP) is 8.57. The van der Waals surface area contributed by atoms with Gasteiger partial charge in [0.1, 0.15) is 12.6 Å². The van der Waals surface area contributed by atoms with Crippen LogP contribution in [-0.2, 0) is 28.6 Å². The van der Waals surface area contributed by atoms with Gasteiger partial charge in [0.2, 0.25) is 0 Å². The highest BCUT2D eigenvalue weighted by Crippen LogP contribution is 2.13. The number of nitrogens with zero attached hydrogens (tertiary/aromatic N) is 1. The minimum absolute atomic E-state index is 0.0367. The molecule has 0 N–H and O–H groups in total. The molecule has 0 fully saturated rings. The normalized spacial score (nSPS) is 13.4. The van der Waals surface area contributed by atoms with Gasteiger partial charge in [-0.1, -0.05) is 127 Å².